The zero-order valence-corrected chi connectivity index (χ0v) is 40.1. The van der Waals surface area contributed by atoms with E-state index in [0.717, 1.165) is 57.8 Å². The van der Waals surface area contributed by atoms with Gasteiger partial charge in [0.05, 0.1) is 40.3 Å². The van der Waals surface area contributed by atoms with Crippen LogP contribution in [0.3, 0.4) is 0 Å². The largest absolute Gasteiger partial charge is 0.544 e. The summed E-state index contributed by atoms with van der Waals surface area (Å²) in [5.41, 5.74) is 0. The Kier molecular flexibility index (Phi) is 41.5. The summed E-state index contributed by atoms with van der Waals surface area (Å²) >= 11 is 0. The molecule has 2 atom stereocenters. The van der Waals surface area contributed by atoms with Crippen LogP contribution in [0.4, 0.5) is 0 Å². The molecule has 2 unspecified atom stereocenters. The van der Waals surface area contributed by atoms with Crippen molar-refractivity contribution in [1.82, 2.24) is 0 Å². The van der Waals surface area contributed by atoms with Crippen molar-refractivity contribution >= 4 is 17.9 Å². The Labute approximate surface area is 375 Å². The first-order valence-corrected chi connectivity index (χ1v) is 24.8. The van der Waals surface area contributed by atoms with Crippen LogP contribution >= 0.6 is 0 Å². The molecule has 0 saturated heterocycles. The van der Waals surface area contributed by atoms with Crippen LogP contribution in [0.1, 0.15) is 206 Å². The Hall–Kier alpha value is -2.97. The Balaban J connectivity index is 4.35. The molecular formula is C53H93NO7. The Morgan fingerprint density at radius 1 is 0.492 bits per heavy atom. The third-order valence-corrected chi connectivity index (χ3v) is 10.9. The molecule has 8 heteroatoms. The first-order chi connectivity index (χ1) is 29.6. The SMILES string of the molecule is CCCCC/C=C/C/C=C/C/C=C/C/C=C/C/C=C/CCCCC(=O)OCC(COCCC(C(=O)[O-])[N+](C)(C)C)OC(=O)CCCCCCCCCCCCCCCCCC. The number of hydrogen-bond acceptors (Lipinski definition) is 7. The van der Waals surface area contributed by atoms with Crippen LogP contribution in [0.15, 0.2) is 60.8 Å². The molecular weight excluding hydrogens is 763 g/mol. The predicted octanol–water partition coefficient (Wildman–Crippen LogP) is 12.8. The predicted molar refractivity (Wildman–Crippen MR) is 254 cm³/mol. The molecule has 0 heterocycles. The quantitative estimate of drug-likeness (QED) is 0.0260. The number of quaternary nitrogens is 1. The van der Waals surface area contributed by atoms with E-state index in [0.29, 0.717) is 19.3 Å². The zero-order valence-electron chi connectivity index (χ0n) is 40.1. The molecule has 0 aromatic rings. The molecule has 0 aliphatic rings. The molecule has 0 radical (unpaired) electrons. The van der Waals surface area contributed by atoms with Crippen LogP contribution in [0.5, 0.6) is 0 Å². The Morgan fingerprint density at radius 3 is 1.31 bits per heavy atom. The van der Waals surface area contributed by atoms with E-state index in [1.54, 1.807) is 21.1 Å². The Morgan fingerprint density at radius 2 is 0.869 bits per heavy atom. The van der Waals surface area contributed by atoms with Crippen molar-refractivity contribution in [3.05, 3.63) is 60.8 Å². The normalized spacial score (nSPS) is 13.4. The summed E-state index contributed by atoms with van der Waals surface area (Å²) in [5.74, 6) is -1.79. The highest BCUT2D eigenvalue weighted by atomic mass is 16.6. The van der Waals surface area contributed by atoms with E-state index in [1.165, 1.54) is 109 Å². The fraction of sp³-hybridized carbons (Fsp3) is 0.755. The lowest BCUT2D eigenvalue weighted by Gasteiger charge is -2.34. The number of carboxylic acids is 1. The van der Waals surface area contributed by atoms with Crippen molar-refractivity contribution < 1.29 is 38.2 Å². The van der Waals surface area contributed by atoms with Crippen molar-refractivity contribution in [3.8, 4) is 0 Å². The van der Waals surface area contributed by atoms with Gasteiger partial charge < -0.3 is 28.6 Å². The van der Waals surface area contributed by atoms with Gasteiger partial charge in [0.1, 0.15) is 12.6 Å². The molecule has 0 amide bonds. The molecule has 0 saturated carbocycles. The van der Waals surface area contributed by atoms with Crippen LogP contribution in [0, 0.1) is 0 Å². The number of allylic oxidation sites excluding steroid dienone is 10. The first kappa shape index (κ1) is 58.0. The number of aliphatic carboxylic acids is 1. The summed E-state index contributed by atoms with van der Waals surface area (Å²) < 4.78 is 17.2. The molecule has 0 bridgehead atoms. The van der Waals surface area contributed by atoms with Gasteiger partial charge in [-0.15, -0.1) is 0 Å². The average molecular weight is 856 g/mol. The zero-order chi connectivity index (χ0) is 44.9. The lowest BCUT2D eigenvalue weighted by molar-refractivity contribution is -0.889. The maximum atomic E-state index is 12.8. The van der Waals surface area contributed by atoms with Crippen molar-refractivity contribution in [1.29, 1.82) is 0 Å². The number of rotatable bonds is 44. The highest BCUT2D eigenvalue weighted by Crippen LogP contribution is 2.15. The minimum atomic E-state index is -1.13. The highest BCUT2D eigenvalue weighted by molar-refractivity contribution is 5.70. The second-order valence-corrected chi connectivity index (χ2v) is 17.7. The van der Waals surface area contributed by atoms with Crippen LogP contribution in [-0.4, -0.2) is 75.5 Å². The van der Waals surface area contributed by atoms with Gasteiger partial charge >= 0.3 is 11.9 Å². The number of nitrogens with zero attached hydrogens (tertiary/aromatic N) is 1. The van der Waals surface area contributed by atoms with Crippen molar-refractivity contribution in [3.63, 3.8) is 0 Å². The second kappa shape index (κ2) is 43.7. The van der Waals surface area contributed by atoms with Crippen molar-refractivity contribution in [2.45, 2.75) is 219 Å². The summed E-state index contributed by atoms with van der Waals surface area (Å²) in [7, 11) is 5.40. The molecule has 0 aromatic carbocycles. The molecule has 61 heavy (non-hydrogen) atoms. The lowest BCUT2D eigenvalue weighted by atomic mass is 10.0. The van der Waals surface area contributed by atoms with Crippen LogP contribution in [0.25, 0.3) is 0 Å². The summed E-state index contributed by atoms with van der Waals surface area (Å²) in [6.45, 7) is 4.60. The fourth-order valence-electron chi connectivity index (χ4n) is 7.03. The standard InChI is InChI=1S/C53H93NO7/c1-6-8-10-12-14-16-18-20-22-24-25-26-27-28-30-31-33-35-37-39-41-43-51(55)60-48-49(47-59-46-45-50(53(57)58)54(3,4)5)61-52(56)44-42-40-38-36-34-32-29-23-21-19-17-15-13-11-9-7-2/h14,16,20,22,25-26,28,30,33,35,49-50H,6-13,15,17-19,21,23-24,27,29,31-32,34,36-48H2,1-5H3/b16-14+,22-20+,26-25+,30-28+,35-33+. The van der Waals surface area contributed by atoms with Gasteiger partial charge in [0.2, 0.25) is 0 Å². The molecule has 0 rings (SSSR count). The van der Waals surface area contributed by atoms with E-state index >= 15 is 0 Å². The maximum Gasteiger partial charge on any atom is 0.306 e. The van der Waals surface area contributed by atoms with E-state index < -0.39 is 18.1 Å². The number of hydrogen-bond donors (Lipinski definition) is 0. The van der Waals surface area contributed by atoms with Crippen LogP contribution in [0.2, 0.25) is 0 Å². The van der Waals surface area contributed by atoms with Gasteiger partial charge in [-0.1, -0.05) is 184 Å². The molecule has 0 fully saturated rings. The van der Waals surface area contributed by atoms with Crippen LogP contribution < -0.4 is 5.11 Å². The van der Waals surface area contributed by atoms with Gasteiger partial charge in [0.15, 0.2) is 6.10 Å². The Bertz CT molecular complexity index is 1180. The van der Waals surface area contributed by atoms with Gasteiger partial charge in [-0.3, -0.25) is 9.59 Å². The van der Waals surface area contributed by atoms with E-state index in [4.69, 9.17) is 14.2 Å². The first-order valence-electron chi connectivity index (χ1n) is 24.8. The number of unbranched alkanes of at least 4 members (excludes halogenated alkanes) is 20. The van der Waals surface area contributed by atoms with Gasteiger partial charge in [0, 0.05) is 19.3 Å². The van der Waals surface area contributed by atoms with E-state index in [1.807, 2.05) is 0 Å². The third-order valence-electron chi connectivity index (χ3n) is 10.9. The molecule has 0 aliphatic carbocycles. The molecule has 0 aliphatic heterocycles. The van der Waals surface area contributed by atoms with E-state index in [-0.39, 0.29) is 42.7 Å². The molecule has 0 aromatic heterocycles. The number of carboxylic acid groups (broad SMARTS) is 1. The lowest BCUT2D eigenvalue weighted by Crippen LogP contribution is -2.55. The molecule has 0 spiro atoms. The topological polar surface area (TPSA) is 102 Å². The number of esters is 2. The molecule has 0 N–H and O–H groups in total. The smallest absolute Gasteiger partial charge is 0.306 e. The summed E-state index contributed by atoms with van der Waals surface area (Å²) in [6.07, 6.45) is 53.9. The summed E-state index contributed by atoms with van der Waals surface area (Å²) in [6, 6.07) is -0.733. The maximum absolute atomic E-state index is 12.8. The number of likely N-dealkylation sites (N-methyl/N-ethyl adjacent to an activating group) is 1. The fourth-order valence-corrected chi connectivity index (χ4v) is 7.03. The summed E-state index contributed by atoms with van der Waals surface area (Å²) in [5, 5.41) is 11.6. The van der Waals surface area contributed by atoms with E-state index in [9.17, 15) is 19.5 Å². The van der Waals surface area contributed by atoms with Gasteiger partial charge in [0.25, 0.3) is 0 Å². The summed E-state index contributed by atoms with van der Waals surface area (Å²) in [4.78, 5) is 37.0. The molecule has 8 nitrogen and oxygen atoms in total. The number of carbonyl (C=O) groups is 3. The second-order valence-electron chi connectivity index (χ2n) is 17.7. The van der Waals surface area contributed by atoms with Crippen LogP contribution in [-0.2, 0) is 28.6 Å². The monoisotopic (exact) mass is 856 g/mol. The average Bonchev–Trinajstić information content (AvgIpc) is 3.22. The van der Waals surface area contributed by atoms with Crippen molar-refractivity contribution in [2.75, 3.05) is 41.0 Å². The van der Waals surface area contributed by atoms with Crippen molar-refractivity contribution in [2.24, 2.45) is 0 Å². The van der Waals surface area contributed by atoms with Gasteiger partial charge in [-0.05, 0) is 64.2 Å². The minimum Gasteiger partial charge on any atom is -0.544 e. The molecule has 352 valence electrons. The third kappa shape index (κ3) is 42.1. The highest BCUT2D eigenvalue weighted by Gasteiger charge is 2.25. The van der Waals surface area contributed by atoms with E-state index in [2.05, 4.69) is 74.6 Å². The van der Waals surface area contributed by atoms with Gasteiger partial charge in [-0.2, -0.15) is 0 Å². The number of ether oxygens (including phenoxy) is 3. The minimum absolute atomic E-state index is 0.0269. The number of carbonyl (C=O) groups excluding carboxylic acids is 3. The van der Waals surface area contributed by atoms with Gasteiger partial charge in [-0.25, -0.2) is 0 Å².